The van der Waals surface area contributed by atoms with Crippen LogP contribution in [0.4, 0.5) is 4.39 Å². The van der Waals surface area contributed by atoms with E-state index in [2.05, 4.69) is 4.98 Å². The predicted molar refractivity (Wildman–Crippen MR) is 101 cm³/mol. The van der Waals surface area contributed by atoms with Crippen LogP contribution in [-0.4, -0.2) is 44.0 Å². The highest BCUT2D eigenvalue weighted by atomic mass is 32.2. The lowest BCUT2D eigenvalue weighted by molar-refractivity contribution is 0.0760. The molecule has 6 nitrogen and oxygen atoms in total. The maximum atomic E-state index is 12.9. The van der Waals surface area contributed by atoms with Crippen LogP contribution in [0.25, 0.3) is 10.2 Å². The van der Waals surface area contributed by atoms with Crippen molar-refractivity contribution in [1.82, 2.24) is 9.29 Å². The van der Waals surface area contributed by atoms with Gasteiger partial charge in [0.1, 0.15) is 23.2 Å². The summed E-state index contributed by atoms with van der Waals surface area (Å²) < 4.78 is 51.3. The molecule has 3 aromatic rings. The fourth-order valence-corrected chi connectivity index (χ4v) is 5.33. The largest absolute Gasteiger partial charge is 0.494 e. The predicted octanol–water partition coefficient (Wildman–Crippen LogP) is 3.04. The molecule has 0 radical (unpaired) electrons. The van der Waals surface area contributed by atoms with Gasteiger partial charge in [0.2, 0.25) is 10.0 Å². The summed E-state index contributed by atoms with van der Waals surface area (Å²) in [5.74, 6) is 0.134. The number of para-hydroxylation sites is 1. The Bertz CT molecular complexity index is 1060. The third-order valence-corrected chi connectivity index (χ3v) is 7.01. The molecule has 1 aliphatic heterocycles. The summed E-state index contributed by atoms with van der Waals surface area (Å²) in [6.45, 7) is 0.549. The van der Waals surface area contributed by atoms with Crippen LogP contribution in [0.3, 0.4) is 0 Å². The van der Waals surface area contributed by atoms with Crippen LogP contribution in [0.2, 0.25) is 0 Å². The van der Waals surface area contributed by atoms with Crippen molar-refractivity contribution in [3.8, 4) is 10.9 Å². The summed E-state index contributed by atoms with van der Waals surface area (Å²) in [5.41, 5.74) is 1.29. The molecule has 0 N–H and O–H groups in total. The number of hydrogen-bond donors (Lipinski definition) is 0. The Kier molecular flexibility index (Phi) is 4.75. The molecule has 0 unspecified atom stereocenters. The smallest absolute Gasteiger partial charge is 0.274 e. The monoisotopic (exact) mass is 408 g/mol. The minimum Gasteiger partial charge on any atom is -0.494 e. The molecule has 1 aliphatic rings. The number of aromatic nitrogens is 1. The highest BCUT2D eigenvalue weighted by Gasteiger charge is 2.37. The Morgan fingerprint density at radius 2 is 1.96 bits per heavy atom. The van der Waals surface area contributed by atoms with Crippen LogP contribution in [0.15, 0.2) is 42.5 Å². The molecular weight excluding hydrogens is 391 g/mol. The van der Waals surface area contributed by atoms with Crippen molar-refractivity contribution in [2.45, 2.75) is 11.9 Å². The first-order valence-electron chi connectivity index (χ1n) is 8.27. The zero-order chi connectivity index (χ0) is 19.0. The fourth-order valence-electron chi connectivity index (χ4n) is 2.85. The third-order valence-electron chi connectivity index (χ3n) is 4.32. The van der Waals surface area contributed by atoms with Crippen molar-refractivity contribution in [1.29, 1.82) is 0 Å². The van der Waals surface area contributed by atoms with Gasteiger partial charge in [-0.3, -0.25) is 0 Å². The Labute approximate surface area is 160 Å². The SMILES string of the molecule is COc1cccc2sc(OC3CN(S(=O)(=O)Cc4ccc(F)cc4)C3)nc12. The first-order chi connectivity index (χ1) is 12.9. The van der Waals surface area contributed by atoms with E-state index in [9.17, 15) is 12.8 Å². The summed E-state index contributed by atoms with van der Waals surface area (Å²) >= 11 is 1.40. The quantitative estimate of drug-likeness (QED) is 0.627. The summed E-state index contributed by atoms with van der Waals surface area (Å²) in [7, 11) is -1.87. The molecule has 2 aromatic carbocycles. The maximum absolute atomic E-state index is 12.9. The van der Waals surface area contributed by atoms with Gasteiger partial charge in [0, 0.05) is 0 Å². The van der Waals surface area contributed by atoms with Gasteiger partial charge >= 0.3 is 0 Å². The standard InChI is InChI=1S/C18H17FN2O4S2/c1-24-15-3-2-4-16-17(15)20-18(26-16)25-14-9-21(10-14)27(22,23)11-12-5-7-13(19)8-6-12/h2-8,14H,9-11H2,1H3. The van der Waals surface area contributed by atoms with Gasteiger partial charge in [0.15, 0.2) is 0 Å². The van der Waals surface area contributed by atoms with Crippen LogP contribution in [-0.2, 0) is 15.8 Å². The van der Waals surface area contributed by atoms with E-state index in [-0.39, 0.29) is 30.8 Å². The number of thiazole rings is 1. The highest BCUT2D eigenvalue weighted by molar-refractivity contribution is 7.88. The lowest BCUT2D eigenvalue weighted by atomic mass is 10.2. The summed E-state index contributed by atoms with van der Waals surface area (Å²) in [5, 5.41) is 0.495. The Hall–Kier alpha value is -2.23. The molecule has 4 rings (SSSR count). The van der Waals surface area contributed by atoms with Crippen molar-refractivity contribution in [3.05, 3.63) is 53.8 Å². The zero-order valence-electron chi connectivity index (χ0n) is 14.5. The van der Waals surface area contributed by atoms with E-state index in [1.807, 2.05) is 18.2 Å². The molecule has 0 atom stereocenters. The first kappa shape index (κ1) is 18.1. The number of fused-ring (bicyclic) bond motifs is 1. The van der Waals surface area contributed by atoms with Gasteiger partial charge in [-0.15, -0.1) is 0 Å². The molecule has 1 aromatic heterocycles. The number of methoxy groups -OCH3 is 1. The van der Waals surface area contributed by atoms with Gasteiger partial charge < -0.3 is 9.47 Å². The van der Waals surface area contributed by atoms with Crippen molar-refractivity contribution < 1.29 is 22.3 Å². The van der Waals surface area contributed by atoms with Crippen LogP contribution in [0.5, 0.6) is 10.9 Å². The molecule has 0 amide bonds. The van der Waals surface area contributed by atoms with Crippen LogP contribution in [0.1, 0.15) is 5.56 Å². The molecule has 0 bridgehead atoms. The van der Waals surface area contributed by atoms with Gasteiger partial charge in [-0.25, -0.2) is 12.8 Å². The fraction of sp³-hybridized carbons (Fsp3) is 0.278. The highest BCUT2D eigenvalue weighted by Crippen LogP contribution is 2.34. The number of sulfonamides is 1. The second-order valence-corrected chi connectivity index (χ2v) is 9.19. The number of hydrogen-bond acceptors (Lipinski definition) is 6. The Morgan fingerprint density at radius 3 is 2.67 bits per heavy atom. The lowest BCUT2D eigenvalue weighted by Gasteiger charge is -2.37. The van der Waals surface area contributed by atoms with Crippen LogP contribution in [0, 0.1) is 5.82 Å². The van der Waals surface area contributed by atoms with Gasteiger partial charge in [-0.1, -0.05) is 29.5 Å². The zero-order valence-corrected chi connectivity index (χ0v) is 16.1. The summed E-state index contributed by atoms with van der Waals surface area (Å²) in [4.78, 5) is 4.44. The third kappa shape index (κ3) is 3.76. The lowest BCUT2D eigenvalue weighted by Crippen LogP contribution is -2.56. The number of ether oxygens (including phenoxy) is 2. The van der Waals surface area contributed by atoms with Crippen LogP contribution < -0.4 is 9.47 Å². The second kappa shape index (κ2) is 7.06. The van der Waals surface area contributed by atoms with Crippen molar-refractivity contribution >= 4 is 31.6 Å². The van der Waals surface area contributed by atoms with Crippen molar-refractivity contribution in [3.63, 3.8) is 0 Å². The molecule has 27 heavy (non-hydrogen) atoms. The number of rotatable bonds is 6. The van der Waals surface area contributed by atoms with Crippen molar-refractivity contribution in [2.75, 3.05) is 20.2 Å². The van der Waals surface area contributed by atoms with E-state index in [0.717, 1.165) is 10.2 Å². The van der Waals surface area contributed by atoms with E-state index < -0.39 is 10.0 Å². The molecule has 142 valence electrons. The number of halogens is 1. The minimum absolute atomic E-state index is 0.154. The van der Waals surface area contributed by atoms with Crippen molar-refractivity contribution in [2.24, 2.45) is 0 Å². The molecular formula is C18H17FN2O4S2. The van der Waals surface area contributed by atoms with E-state index in [1.165, 1.54) is 39.9 Å². The van der Waals surface area contributed by atoms with Gasteiger partial charge in [0.25, 0.3) is 5.19 Å². The van der Waals surface area contributed by atoms with Crippen LogP contribution >= 0.6 is 11.3 Å². The minimum atomic E-state index is -3.46. The summed E-state index contributed by atoms with van der Waals surface area (Å²) in [6, 6.07) is 11.1. The average molecular weight is 408 g/mol. The van der Waals surface area contributed by atoms with Gasteiger partial charge in [0.05, 0.1) is 30.7 Å². The van der Waals surface area contributed by atoms with E-state index >= 15 is 0 Å². The Morgan fingerprint density at radius 1 is 1.22 bits per heavy atom. The average Bonchev–Trinajstić information content (AvgIpc) is 3.02. The number of benzene rings is 2. The van der Waals surface area contributed by atoms with E-state index in [1.54, 1.807) is 7.11 Å². The topological polar surface area (TPSA) is 68.7 Å². The Balaban J connectivity index is 1.38. The molecule has 9 heteroatoms. The number of nitrogens with zero attached hydrogens (tertiary/aromatic N) is 2. The van der Waals surface area contributed by atoms with Gasteiger partial charge in [-0.2, -0.15) is 9.29 Å². The normalized spacial score (nSPS) is 15.6. The maximum Gasteiger partial charge on any atom is 0.274 e. The molecule has 0 spiro atoms. The first-order valence-corrected chi connectivity index (χ1v) is 10.7. The molecule has 2 heterocycles. The molecule has 0 aliphatic carbocycles. The molecule has 1 saturated heterocycles. The van der Waals surface area contributed by atoms with E-state index in [4.69, 9.17) is 9.47 Å². The molecule has 0 saturated carbocycles. The van der Waals surface area contributed by atoms with Gasteiger partial charge in [-0.05, 0) is 29.8 Å². The van der Waals surface area contributed by atoms with E-state index in [0.29, 0.717) is 16.5 Å². The molecule has 1 fully saturated rings. The second-order valence-electron chi connectivity index (χ2n) is 6.23. The summed E-state index contributed by atoms with van der Waals surface area (Å²) in [6.07, 6.45) is -0.237.